The van der Waals surface area contributed by atoms with Gasteiger partial charge in [0.2, 0.25) is 5.91 Å². The van der Waals surface area contributed by atoms with Crippen molar-refractivity contribution in [1.29, 1.82) is 0 Å². The maximum Gasteiger partial charge on any atom is 0.305 e. The maximum absolute atomic E-state index is 11.9. The van der Waals surface area contributed by atoms with Gasteiger partial charge in [-0.25, -0.2) is 0 Å². The van der Waals surface area contributed by atoms with Gasteiger partial charge in [0.05, 0.1) is 13.0 Å². The van der Waals surface area contributed by atoms with E-state index in [0.29, 0.717) is 12.8 Å². The molecule has 2 N–H and O–H groups in total. The molecular weight excluding hydrogens is 500 g/mol. The number of nitrogens with two attached hydrogens (primary N) is 1. The second-order valence-corrected chi connectivity index (χ2v) is 10.2. The third-order valence-electron chi connectivity index (χ3n) is 6.93. The molecule has 218 valence electrons. The summed E-state index contributed by atoms with van der Waals surface area (Å²) in [5.74, 6) is -1.46. The Hall–Kier alpha value is -3.51. The smallest absolute Gasteiger partial charge is 0.305 e. The number of nitrogens with zero attached hydrogens (tertiary/aromatic N) is 1. The molecule has 0 heterocycles. The summed E-state index contributed by atoms with van der Waals surface area (Å²) in [5, 5.41) is 0. The van der Waals surface area contributed by atoms with E-state index in [0.717, 1.165) is 29.7 Å². The van der Waals surface area contributed by atoms with E-state index in [1.165, 1.54) is 29.4 Å². The van der Waals surface area contributed by atoms with Crippen molar-refractivity contribution in [2.24, 2.45) is 17.6 Å². The molecule has 2 unspecified atom stereocenters. The number of primary amides is 1. The predicted molar refractivity (Wildman–Crippen MR) is 165 cm³/mol. The first-order valence-corrected chi connectivity index (χ1v) is 14.0. The molecule has 0 saturated heterocycles. The molecule has 1 amide bonds. The summed E-state index contributed by atoms with van der Waals surface area (Å²) in [7, 11) is 5.45. The van der Waals surface area contributed by atoms with E-state index in [1.807, 2.05) is 47.0 Å². The first kappa shape index (κ1) is 34.5. The molecule has 0 saturated carbocycles. The predicted octanol–water partition coefficient (Wildman–Crippen LogP) is 6.23. The molecule has 3 rings (SSSR count). The molecule has 0 bridgehead atoms. The second-order valence-electron chi connectivity index (χ2n) is 10.2. The van der Waals surface area contributed by atoms with Crippen molar-refractivity contribution in [2.45, 2.75) is 60.8 Å². The molecule has 0 aliphatic heterocycles. The fourth-order valence-electron chi connectivity index (χ4n) is 4.53. The van der Waals surface area contributed by atoms with Crippen LogP contribution in [0.15, 0.2) is 65.8 Å². The lowest BCUT2D eigenvalue weighted by atomic mass is 9.81. The monoisotopic (exact) mass is 548 g/mol. The Kier molecular flexibility index (Phi) is 14.9. The number of carbonyl (C=O) groups excluding carboxylic acids is 3. The van der Waals surface area contributed by atoms with Crippen LogP contribution in [0.1, 0.15) is 57.2 Å². The van der Waals surface area contributed by atoms with Gasteiger partial charge in [0.25, 0.3) is 0 Å². The van der Waals surface area contributed by atoms with Crippen molar-refractivity contribution in [3.63, 3.8) is 0 Å². The quantitative estimate of drug-likeness (QED) is 0.375. The van der Waals surface area contributed by atoms with Gasteiger partial charge in [0.1, 0.15) is 0 Å². The number of hydrogen-bond acceptors (Lipinski definition) is 5. The van der Waals surface area contributed by atoms with Crippen LogP contribution in [-0.4, -0.2) is 50.3 Å². The van der Waals surface area contributed by atoms with Gasteiger partial charge in [0.15, 0.2) is 5.78 Å². The van der Waals surface area contributed by atoms with Crippen molar-refractivity contribution in [3.05, 3.63) is 82.5 Å². The highest BCUT2D eigenvalue weighted by atomic mass is 16.5. The average Bonchev–Trinajstić information content (AvgIpc) is 2.92. The van der Waals surface area contributed by atoms with E-state index in [9.17, 15) is 14.4 Å². The zero-order valence-electron chi connectivity index (χ0n) is 25.8. The Balaban J connectivity index is 0.000000379. The van der Waals surface area contributed by atoms with Crippen LogP contribution >= 0.6 is 0 Å². The Labute approximate surface area is 241 Å². The third kappa shape index (κ3) is 10.6. The fraction of sp³-hybridized carbons (Fsp3) is 0.441. The van der Waals surface area contributed by atoms with Crippen LogP contribution in [0.5, 0.6) is 0 Å². The molecule has 2 aromatic carbocycles. The highest BCUT2D eigenvalue weighted by Gasteiger charge is 2.29. The van der Waals surface area contributed by atoms with Crippen LogP contribution in [0.3, 0.4) is 0 Å². The van der Waals surface area contributed by atoms with Gasteiger partial charge in [-0.05, 0) is 92.7 Å². The minimum atomic E-state index is -0.448. The number of allylic oxidation sites excluding steroid dienone is 3. The fourth-order valence-corrected chi connectivity index (χ4v) is 4.53. The summed E-state index contributed by atoms with van der Waals surface area (Å²) >= 11 is 0. The minimum Gasteiger partial charge on any atom is -0.469 e. The van der Waals surface area contributed by atoms with Crippen LogP contribution in [0.2, 0.25) is 0 Å². The SMILES string of the molecule is CC.CC1=CC(=O)C(C(C)C(N)=O)C=C1CCN(C)C.COC(=O)CCc1cccc(-c2c(C)cccc2C)c1. The van der Waals surface area contributed by atoms with E-state index >= 15 is 0 Å². The summed E-state index contributed by atoms with van der Waals surface area (Å²) < 4.78 is 4.69. The molecule has 1 aliphatic carbocycles. The molecule has 0 aromatic heterocycles. The largest absolute Gasteiger partial charge is 0.469 e. The number of ether oxygens (including phenoxy) is 1. The number of carbonyl (C=O) groups is 3. The molecule has 0 radical (unpaired) electrons. The number of aryl methyl sites for hydroxylation is 3. The maximum atomic E-state index is 11.9. The van der Waals surface area contributed by atoms with Gasteiger partial charge < -0.3 is 15.4 Å². The van der Waals surface area contributed by atoms with Crippen LogP contribution in [0.4, 0.5) is 0 Å². The molecule has 0 fully saturated rings. The lowest BCUT2D eigenvalue weighted by Gasteiger charge is -2.23. The van der Waals surface area contributed by atoms with Gasteiger partial charge in [-0.3, -0.25) is 14.4 Å². The van der Waals surface area contributed by atoms with Crippen molar-refractivity contribution in [2.75, 3.05) is 27.7 Å². The zero-order valence-corrected chi connectivity index (χ0v) is 25.8. The lowest BCUT2D eigenvalue weighted by molar-refractivity contribution is -0.140. The van der Waals surface area contributed by atoms with Crippen molar-refractivity contribution in [1.82, 2.24) is 4.90 Å². The number of rotatable bonds is 9. The summed E-state index contributed by atoms with van der Waals surface area (Å²) in [6.07, 6.45) is 5.56. The number of ketones is 1. The highest BCUT2D eigenvalue weighted by molar-refractivity contribution is 5.98. The van der Waals surface area contributed by atoms with Gasteiger partial charge in [-0.1, -0.05) is 69.3 Å². The van der Waals surface area contributed by atoms with Gasteiger partial charge >= 0.3 is 5.97 Å². The Morgan fingerprint density at radius 2 is 1.60 bits per heavy atom. The third-order valence-corrected chi connectivity index (χ3v) is 6.93. The van der Waals surface area contributed by atoms with Crippen molar-refractivity contribution in [3.8, 4) is 11.1 Å². The molecular formula is C34H48N2O4. The van der Waals surface area contributed by atoms with Crippen LogP contribution in [0, 0.1) is 25.7 Å². The van der Waals surface area contributed by atoms with Gasteiger partial charge in [0, 0.05) is 18.9 Å². The molecule has 0 spiro atoms. The standard InChI is InChI=1S/C18H20O2.C14H22N2O2.C2H6/c1-13-6-4-7-14(2)18(13)16-9-5-8-15(12-16)10-11-17(19)20-3;1-9-7-13(17)12(10(2)14(15)18)8-11(9)5-6-16(3)4;1-2/h4-9,12H,10-11H2,1-3H3;7-8,10,12H,5-6H2,1-4H3,(H2,15,18);1-2H3. The zero-order chi connectivity index (χ0) is 30.4. The van der Waals surface area contributed by atoms with Gasteiger partial charge in [-0.2, -0.15) is 0 Å². The van der Waals surface area contributed by atoms with E-state index in [4.69, 9.17) is 5.73 Å². The number of amides is 1. The summed E-state index contributed by atoms with van der Waals surface area (Å²) in [5.41, 5.74) is 13.6. The van der Waals surface area contributed by atoms with E-state index in [2.05, 4.69) is 59.9 Å². The molecule has 40 heavy (non-hydrogen) atoms. The Morgan fingerprint density at radius 1 is 1.00 bits per heavy atom. The second kappa shape index (κ2) is 17.2. The first-order valence-electron chi connectivity index (χ1n) is 14.0. The van der Waals surface area contributed by atoms with Gasteiger partial charge in [-0.15, -0.1) is 0 Å². The number of hydrogen-bond donors (Lipinski definition) is 1. The van der Waals surface area contributed by atoms with Crippen LogP contribution in [-0.2, 0) is 25.5 Å². The van der Waals surface area contributed by atoms with E-state index < -0.39 is 17.7 Å². The normalized spacial score (nSPS) is 15.1. The minimum absolute atomic E-state index is 0.0209. The van der Waals surface area contributed by atoms with Crippen LogP contribution < -0.4 is 5.73 Å². The Morgan fingerprint density at radius 3 is 2.15 bits per heavy atom. The Bertz CT molecular complexity index is 1190. The summed E-state index contributed by atoms with van der Waals surface area (Å²) in [6.45, 7) is 12.8. The molecule has 2 aromatic rings. The van der Waals surface area contributed by atoms with E-state index in [-0.39, 0.29) is 11.8 Å². The number of benzene rings is 2. The summed E-state index contributed by atoms with van der Waals surface area (Å²) in [4.78, 5) is 36.4. The molecule has 6 heteroatoms. The average molecular weight is 549 g/mol. The number of methoxy groups -OCH3 is 1. The molecule has 6 nitrogen and oxygen atoms in total. The lowest BCUT2D eigenvalue weighted by Crippen LogP contribution is -2.32. The van der Waals surface area contributed by atoms with Crippen molar-refractivity contribution >= 4 is 17.7 Å². The molecule has 1 aliphatic rings. The van der Waals surface area contributed by atoms with Crippen molar-refractivity contribution < 1.29 is 19.1 Å². The van der Waals surface area contributed by atoms with Crippen LogP contribution in [0.25, 0.3) is 11.1 Å². The highest BCUT2D eigenvalue weighted by Crippen LogP contribution is 2.29. The first-order chi connectivity index (χ1) is 18.9. The summed E-state index contributed by atoms with van der Waals surface area (Å²) in [6, 6.07) is 14.7. The number of esters is 1. The van der Waals surface area contributed by atoms with E-state index in [1.54, 1.807) is 13.0 Å². The molecule has 2 atom stereocenters. The topological polar surface area (TPSA) is 89.7 Å².